The minimum atomic E-state index is -4.96. The Labute approximate surface area is 429 Å². The van der Waals surface area contributed by atoms with Gasteiger partial charge in [0.2, 0.25) is 12.3 Å². The van der Waals surface area contributed by atoms with Crippen LogP contribution in [0.4, 0.5) is 38.9 Å². The summed E-state index contributed by atoms with van der Waals surface area (Å²) in [6.07, 6.45) is 0. The molecule has 26 heteroatoms. The summed E-state index contributed by atoms with van der Waals surface area (Å²) in [6, 6.07) is 34.4. The number of anilines is 6. The molecule has 22 nitrogen and oxygen atoms in total. The minimum absolute atomic E-state index is 0.00217. The fourth-order valence-corrected chi connectivity index (χ4v) is 9.97. The van der Waals surface area contributed by atoms with Gasteiger partial charge in [0.1, 0.15) is 20.4 Å². The Balaban J connectivity index is 0.885. The van der Waals surface area contributed by atoms with Crippen LogP contribution in [0.1, 0.15) is 41.4 Å². The van der Waals surface area contributed by atoms with E-state index in [0.717, 1.165) is 30.3 Å². The van der Waals surface area contributed by atoms with Crippen LogP contribution in [-0.4, -0.2) is 73.1 Å². The zero-order valence-electron chi connectivity index (χ0n) is 37.8. The van der Waals surface area contributed by atoms with E-state index in [9.17, 15) is 67.4 Å². The lowest BCUT2D eigenvalue weighted by Gasteiger charge is -2.13. The van der Waals surface area contributed by atoms with Gasteiger partial charge in [-0.3, -0.25) is 37.4 Å². The number of hydrogen-bond donors (Lipinski definition) is 10. The van der Waals surface area contributed by atoms with Gasteiger partial charge in [0.15, 0.2) is 0 Å². The van der Waals surface area contributed by atoms with Crippen molar-refractivity contribution in [1.82, 2.24) is 0 Å². The Hall–Kier alpha value is -8.73. The van der Waals surface area contributed by atoms with Crippen LogP contribution < -0.4 is 36.1 Å². The second-order valence-corrected chi connectivity index (χ2v) is 20.4. The first kappa shape index (κ1) is 52.6. The molecule has 0 atom stereocenters. The largest absolute Gasteiger partial charge is 0.400 e. The molecule has 10 N–H and O–H groups in total. The van der Waals surface area contributed by atoms with E-state index in [0.29, 0.717) is 0 Å². The van der Waals surface area contributed by atoms with Gasteiger partial charge < -0.3 is 36.1 Å². The van der Waals surface area contributed by atoms with Gasteiger partial charge in [0, 0.05) is 84.0 Å². The smallest absolute Gasteiger partial charge is 0.323 e. The van der Waals surface area contributed by atoms with Gasteiger partial charge in [0.25, 0.3) is 54.0 Å². The maximum absolute atomic E-state index is 13.4. The van der Waals surface area contributed by atoms with Gasteiger partial charge in [-0.15, -0.1) is 0 Å². The average Bonchev–Trinajstić information content (AvgIpc) is 3.35. The van der Waals surface area contributed by atoms with Crippen molar-refractivity contribution in [3.8, 4) is 5.75 Å². The first-order chi connectivity index (χ1) is 35.5. The number of hydrogen-bond acceptors (Lipinski definition) is 14. The van der Waals surface area contributed by atoms with Crippen LogP contribution in [0, 0.1) is 0 Å². The number of rotatable bonds is 15. The number of amides is 6. The van der Waals surface area contributed by atoms with E-state index >= 15 is 0 Å². The highest BCUT2D eigenvalue weighted by Gasteiger charge is 2.23. The lowest BCUT2D eigenvalue weighted by atomic mass is 10.1. The molecule has 0 bridgehead atoms. The van der Waals surface area contributed by atoms with E-state index in [2.05, 4.69) is 31.9 Å². The van der Waals surface area contributed by atoms with Gasteiger partial charge in [-0.2, -0.15) is 25.3 Å². The number of urea groups is 1. The predicted molar refractivity (Wildman–Crippen MR) is 278 cm³/mol. The van der Waals surface area contributed by atoms with Crippen LogP contribution in [0.5, 0.6) is 5.75 Å². The lowest BCUT2D eigenvalue weighted by Crippen LogP contribution is -2.20. The third kappa shape index (κ3) is 12.6. The lowest BCUT2D eigenvalue weighted by molar-refractivity contribution is 0.101. The maximum Gasteiger partial charge on any atom is 0.323 e. The standard InChI is InChI=1S/C49H36N6O16S4/c56-45(50-31-11-1-7-27(19-31)47(58)52-35-23-39-37(41(25-35)71-72-61)15-5-17-42(39)73(62,63)64)29-9-3-13-33(21-29)54-49(60)55-34-14-4-10-30(22-34)46(57)51-32-12-2-8-28(20-32)48(59)53-36-24-40-38(44(26-36)75(68,69)70)16-6-18-43(40)74(65,66)67/h1-26,61H,(H,50,56)(H,51,57)(H,52,58)(H,53,59)(H2,54,55,60)(H,62,63,64)(H,65,66,67)(H,68,69,70). The molecule has 0 heterocycles. The molecule has 0 fully saturated rings. The van der Waals surface area contributed by atoms with Crippen molar-refractivity contribution >= 4 is 128 Å². The Morgan fingerprint density at radius 1 is 0.360 bits per heavy atom. The second-order valence-electron chi connectivity index (χ2n) is 16.0. The van der Waals surface area contributed by atoms with Crippen LogP contribution in [-0.2, 0) is 30.4 Å². The normalized spacial score (nSPS) is 11.6. The number of carbonyl (C=O) groups excluding carboxylic acids is 5. The molecule has 8 rings (SSSR count). The number of carbonyl (C=O) groups is 5. The molecule has 382 valence electrons. The Bertz CT molecular complexity index is 4030. The van der Waals surface area contributed by atoms with Gasteiger partial charge >= 0.3 is 6.03 Å². The summed E-state index contributed by atoms with van der Waals surface area (Å²) >= 11 is -0.0139. The summed E-state index contributed by atoms with van der Waals surface area (Å²) in [7, 11) is -14.5. The second kappa shape index (κ2) is 21.4. The first-order valence-corrected chi connectivity index (χ1v) is 26.3. The quantitative estimate of drug-likeness (QED) is 0.0338. The fourth-order valence-electron chi connectivity index (χ4n) is 7.62. The van der Waals surface area contributed by atoms with Crippen LogP contribution >= 0.6 is 12.3 Å². The Kier molecular flexibility index (Phi) is 15.0. The number of fused-ring (bicyclic) bond motifs is 2. The SMILES string of the molecule is O=C(Nc1cccc(C(=O)Nc2cccc(C(=O)Nc3cc(OSO)c4cccc(S(=O)(=O)O)c4c3)c2)c1)Nc1cccc(C(=O)Nc2cccc(C(=O)Nc3cc(S(=O)(=O)O)c4cccc(S(=O)(=O)O)c4c3)c2)c1. The molecule has 0 aliphatic carbocycles. The molecular formula is C49H36N6O16S4. The maximum atomic E-state index is 13.4. The molecule has 75 heavy (non-hydrogen) atoms. The zero-order chi connectivity index (χ0) is 53.8. The highest BCUT2D eigenvalue weighted by atomic mass is 32.2. The van der Waals surface area contributed by atoms with Crippen LogP contribution in [0.3, 0.4) is 0 Å². The summed E-state index contributed by atoms with van der Waals surface area (Å²) in [5.74, 6) is -2.80. The molecule has 0 saturated carbocycles. The number of benzene rings is 8. The highest BCUT2D eigenvalue weighted by molar-refractivity contribution is 7.89. The molecular weight excluding hydrogens is 1060 g/mol. The first-order valence-electron chi connectivity index (χ1n) is 21.3. The topological polar surface area (TPSA) is 350 Å². The summed E-state index contributed by atoms with van der Waals surface area (Å²) in [5.41, 5.74) is 0.740. The molecule has 8 aromatic rings. The molecule has 0 saturated heterocycles. The van der Waals surface area contributed by atoms with Crippen molar-refractivity contribution in [1.29, 1.82) is 0 Å². The molecule has 0 aromatic heterocycles. The van der Waals surface area contributed by atoms with Crippen molar-refractivity contribution in [2.75, 3.05) is 31.9 Å². The summed E-state index contributed by atoms with van der Waals surface area (Å²) in [5, 5.41) is 15.2. The van der Waals surface area contributed by atoms with Gasteiger partial charge in [0.05, 0.1) is 0 Å². The van der Waals surface area contributed by atoms with Crippen LogP contribution in [0.15, 0.2) is 172 Å². The van der Waals surface area contributed by atoms with Crippen molar-refractivity contribution in [3.05, 3.63) is 180 Å². The number of nitrogens with one attached hydrogen (secondary N) is 6. The van der Waals surface area contributed by atoms with Crippen LogP contribution in [0.2, 0.25) is 0 Å². The molecule has 0 radical (unpaired) electrons. The van der Waals surface area contributed by atoms with Crippen molar-refractivity contribution in [3.63, 3.8) is 0 Å². The van der Waals surface area contributed by atoms with Gasteiger partial charge in [-0.1, -0.05) is 48.5 Å². The fraction of sp³-hybridized carbons (Fsp3) is 0. The summed E-state index contributed by atoms with van der Waals surface area (Å²) in [4.78, 5) is 64.7. The molecule has 6 amide bonds. The molecule has 0 aliphatic rings. The molecule has 0 unspecified atom stereocenters. The van der Waals surface area contributed by atoms with Crippen molar-refractivity contribution in [2.45, 2.75) is 14.7 Å². The molecule has 0 spiro atoms. The average molecular weight is 1090 g/mol. The molecule has 8 aromatic carbocycles. The van der Waals surface area contributed by atoms with Crippen LogP contribution in [0.25, 0.3) is 21.5 Å². The van der Waals surface area contributed by atoms with E-state index in [1.54, 1.807) is 0 Å². The van der Waals surface area contributed by atoms with Gasteiger partial charge in [-0.05, 0) is 103 Å². The highest BCUT2D eigenvalue weighted by Crippen LogP contribution is 2.36. The summed E-state index contributed by atoms with van der Waals surface area (Å²) < 4.78 is 117. The summed E-state index contributed by atoms with van der Waals surface area (Å²) in [6.45, 7) is 0. The van der Waals surface area contributed by atoms with E-state index < -0.39 is 74.7 Å². The Morgan fingerprint density at radius 3 is 1.08 bits per heavy atom. The Morgan fingerprint density at radius 2 is 0.693 bits per heavy atom. The zero-order valence-corrected chi connectivity index (χ0v) is 41.1. The van der Waals surface area contributed by atoms with E-state index in [1.807, 2.05) is 0 Å². The monoisotopic (exact) mass is 1090 g/mol. The minimum Gasteiger partial charge on any atom is -0.400 e. The van der Waals surface area contributed by atoms with E-state index in [1.165, 1.54) is 127 Å². The van der Waals surface area contributed by atoms with Gasteiger partial charge in [-0.25, -0.2) is 4.79 Å². The van der Waals surface area contributed by atoms with E-state index in [-0.39, 0.29) is 96.0 Å². The third-order valence-corrected chi connectivity index (χ3v) is 13.8. The predicted octanol–water partition coefficient (Wildman–Crippen LogP) is 8.89. The molecule has 0 aliphatic heterocycles. The third-order valence-electron chi connectivity index (χ3n) is 10.8. The van der Waals surface area contributed by atoms with Crippen molar-refractivity contribution in [2.24, 2.45) is 0 Å². The van der Waals surface area contributed by atoms with Crippen molar-refractivity contribution < 1.29 is 71.6 Å². The van der Waals surface area contributed by atoms with E-state index in [4.69, 9.17) is 4.18 Å².